The number of benzene rings is 2. The van der Waals surface area contributed by atoms with Crippen LogP contribution >= 0.6 is 0 Å². The summed E-state index contributed by atoms with van der Waals surface area (Å²) < 4.78 is 5.29. The lowest BCUT2D eigenvalue weighted by Crippen LogP contribution is -2.38. The van der Waals surface area contributed by atoms with Gasteiger partial charge in [-0.05, 0) is 48.6 Å². The Morgan fingerprint density at radius 3 is 2.39 bits per heavy atom. The van der Waals surface area contributed by atoms with Crippen molar-refractivity contribution in [2.24, 2.45) is 0 Å². The summed E-state index contributed by atoms with van der Waals surface area (Å²) in [5.74, 6) is 1.39. The number of nitrogens with zero attached hydrogens (tertiary/aromatic N) is 1. The van der Waals surface area contributed by atoms with Crippen LogP contribution < -0.4 is 4.74 Å². The minimum Gasteiger partial charge on any atom is -0.508 e. The molecule has 0 spiro atoms. The summed E-state index contributed by atoms with van der Waals surface area (Å²) in [6, 6.07) is 14.7. The van der Waals surface area contributed by atoms with Crippen LogP contribution in [-0.4, -0.2) is 36.1 Å². The number of phenolic OH excluding ortho intramolecular Hbond substituents is 1. The maximum atomic E-state index is 12.7. The minimum atomic E-state index is 0.0339. The van der Waals surface area contributed by atoms with E-state index >= 15 is 0 Å². The Morgan fingerprint density at radius 2 is 1.74 bits per heavy atom. The topological polar surface area (TPSA) is 49.8 Å². The summed E-state index contributed by atoms with van der Waals surface area (Å²) in [6.45, 7) is 1.48. The smallest absolute Gasteiger partial charge is 0.257 e. The number of para-hydroxylation sites is 1. The summed E-state index contributed by atoms with van der Waals surface area (Å²) in [4.78, 5) is 14.6. The average molecular weight is 311 g/mol. The molecule has 0 radical (unpaired) electrons. The second-order valence-electron chi connectivity index (χ2n) is 5.86. The number of piperidine rings is 1. The molecule has 0 aliphatic carbocycles. The SMILES string of the molecule is COc1ccccc1C(=O)N1CCC(c2ccc(O)cc2)CC1. The van der Waals surface area contributed by atoms with Crippen LogP contribution in [0.5, 0.6) is 11.5 Å². The van der Waals surface area contributed by atoms with Crippen molar-refractivity contribution in [1.82, 2.24) is 4.90 Å². The first-order valence-corrected chi connectivity index (χ1v) is 7.90. The summed E-state index contributed by atoms with van der Waals surface area (Å²) in [6.07, 6.45) is 1.87. The number of aromatic hydroxyl groups is 1. The molecule has 0 aromatic heterocycles. The number of hydrogen-bond acceptors (Lipinski definition) is 3. The van der Waals surface area contributed by atoms with Gasteiger partial charge in [-0.3, -0.25) is 4.79 Å². The van der Waals surface area contributed by atoms with Crippen molar-refractivity contribution >= 4 is 5.91 Å². The van der Waals surface area contributed by atoms with E-state index in [1.54, 1.807) is 19.2 Å². The molecule has 1 fully saturated rings. The van der Waals surface area contributed by atoms with Crippen LogP contribution in [0.3, 0.4) is 0 Å². The Kier molecular flexibility index (Phi) is 4.51. The number of ether oxygens (including phenoxy) is 1. The molecule has 0 atom stereocenters. The zero-order chi connectivity index (χ0) is 16.2. The molecule has 0 bridgehead atoms. The van der Waals surface area contributed by atoms with E-state index in [1.165, 1.54) is 5.56 Å². The summed E-state index contributed by atoms with van der Waals surface area (Å²) in [7, 11) is 1.59. The zero-order valence-corrected chi connectivity index (χ0v) is 13.2. The van der Waals surface area contributed by atoms with E-state index in [4.69, 9.17) is 4.74 Å². The fourth-order valence-corrected chi connectivity index (χ4v) is 3.15. The number of carbonyl (C=O) groups is 1. The molecule has 0 unspecified atom stereocenters. The third-order valence-electron chi connectivity index (χ3n) is 4.48. The van der Waals surface area contributed by atoms with Crippen molar-refractivity contribution in [1.29, 1.82) is 0 Å². The second kappa shape index (κ2) is 6.73. The molecule has 23 heavy (non-hydrogen) atoms. The number of phenols is 1. The number of rotatable bonds is 3. The number of carbonyl (C=O) groups excluding carboxylic acids is 1. The van der Waals surface area contributed by atoms with Gasteiger partial charge in [0.25, 0.3) is 5.91 Å². The maximum absolute atomic E-state index is 12.7. The third-order valence-corrected chi connectivity index (χ3v) is 4.48. The van der Waals surface area contributed by atoms with Crippen LogP contribution in [0.25, 0.3) is 0 Å². The predicted molar refractivity (Wildman–Crippen MR) is 89.0 cm³/mol. The first-order valence-electron chi connectivity index (χ1n) is 7.90. The van der Waals surface area contributed by atoms with E-state index in [0.29, 0.717) is 17.2 Å². The Labute approximate surface area is 136 Å². The first-order chi connectivity index (χ1) is 11.2. The maximum Gasteiger partial charge on any atom is 0.257 e. The van der Waals surface area contributed by atoms with Gasteiger partial charge >= 0.3 is 0 Å². The molecule has 0 saturated carbocycles. The van der Waals surface area contributed by atoms with E-state index in [1.807, 2.05) is 41.3 Å². The fourth-order valence-electron chi connectivity index (χ4n) is 3.15. The van der Waals surface area contributed by atoms with Crippen molar-refractivity contribution in [3.63, 3.8) is 0 Å². The molecule has 1 amide bonds. The Hall–Kier alpha value is -2.49. The number of methoxy groups -OCH3 is 1. The molecule has 4 heteroatoms. The van der Waals surface area contributed by atoms with Gasteiger partial charge in [-0.1, -0.05) is 24.3 Å². The highest BCUT2D eigenvalue weighted by Gasteiger charge is 2.25. The Bertz CT molecular complexity index is 673. The molecular weight excluding hydrogens is 290 g/mol. The molecule has 1 heterocycles. The minimum absolute atomic E-state index is 0.0339. The van der Waals surface area contributed by atoms with Crippen molar-refractivity contribution in [3.8, 4) is 11.5 Å². The van der Waals surface area contributed by atoms with Gasteiger partial charge in [-0.15, -0.1) is 0 Å². The lowest BCUT2D eigenvalue weighted by molar-refractivity contribution is 0.0709. The molecule has 120 valence electrons. The molecule has 4 nitrogen and oxygen atoms in total. The first kappa shape index (κ1) is 15.4. The van der Waals surface area contributed by atoms with Crippen LogP contribution in [0.4, 0.5) is 0 Å². The zero-order valence-electron chi connectivity index (χ0n) is 13.2. The Balaban J connectivity index is 1.66. The third kappa shape index (κ3) is 3.31. The van der Waals surface area contributed by atoms with Gasteiger partial charge in [-0.2, -0.15) is 0 Å². The number of hydrogen-bond donors (Lipinski definition) is 1. The van der Waals surface area contributed by atoms with Gasteiger partial charge in [0.2, 0.25) is 0 Å². The van der Waals surface area contributed by atoms with Crippen molar-refractivity contribution in [2.45, 2.75) is 18.8 Å². The van der Waals surface area contributed by atoms with Crippen molar-refractivity contribution in [2.75, 3.05) is 20.2 Å². The number of amides is 1. The van der Waals surface area contributed by atoms with E-state index in [0.717, 1.165) is 25.9 Å². The molecule has 2 aromatic carbocycles. The summed E-state index contributed by atoms with van der Waals surface area (Å²) in [5.41, 5.74) is 1.85. The molecule has 2 aromatic rings. The molecule has 1 aliphatic heterocycles. The van der Waals surface area contributed by atoms with E-state index in [2.05, 4.69) is 0 Å². The van der Waals surface area contributed by atoms with Crippen molar-refractivity contribution in [3.05, 3.63) is 59.7 Å². The molecule has 3 rings (SSSR count). The van der Waals surface area contributed by atoms with Gasteiger partial charge in [-0.25, -0.2) is 0 Å². The van der Waals surface area contributed by atoms with Gasteiger partial charge in [0, 0.05) is 13.1 Å². The van der Waals surface area contributed by atoms with Crippen LogP contribution in [0.15, 0.2) is 48.5 Å². The second-order valence-corrected chi connectivity index (χ2v) is 5.86. The van der Waals surface area contributed by atoms with Crippen LogP contribution in [0, 0.1) is 0 Å². The Morgan fingerprint density at radius 1 is 1.09 bits per heavy atom. The van der Waals surface area contributed by atoms with E-state index in [-0.39, 0.29) is 11.7 Å². The molecule has 1 saturated heterocycles. The number of likely N-dealkylation sites (tertiary alicyclic amines) is 1. The van der Waals surface area contributed by atoms with Crippen molar-refractivity contribution < 1.29 is 14.6 Å². The van der Waals surface area contributed by atoms with Gasteiger partial charge in [0.15, 0.2) is 0 Å². The average Bonchev–Trinajstić information content (AvgIpc) is 2.62. The lowest BCUT2D eigenvalue weighted by atomic mass is 9.89. The predicted octanol–water partition coefficient (Wildman–Crippen LogP) is 3.42. The van der Waals surface area contributed by atoms with Gasteiger partial charge < -0.3 is 14.7 Å². The standard InChI is InChI=1S/C19H21NO3/c1-23-18-5-3-2-4-17(18)19(22)20-12-10-15(11-13-20)14-6-8-16(21)9-7-14/h2-9,15,21H,10-13H2,1H3. The fraction of sp³-hybridized carbons (Fsp3) is 0.316. The highest BCUT2D eigenvalue weighted by molar-refractivity contribution is 5.97. The van der Waals surface area contributed by atoms with Crippen LogP contribution in [-0.2, 0) is 0 Å². The highest BCUT2D eigenvalue weighted by Crippen LogP contribution is 2.30. The summed E-state index contributed by atoms with van der Waals surface area (Å²) in [5, 5.41) is 9.38. The normalized spacial score (nSPS) is 15.4. The lowest BCUT2D eigenvalue weighted by Gasteiger charge is -2.32. The largest absolute Gasteiger partial charge is 0.508 e. The van der Waals surface area contributed by atoms with E-state index < -0.39 is 0 Å². The molecule has 1 aliphatic rings. The molecular formula is C19H21NO3. The van der Waals surface area contributed by atoms with Crippen LogP contribution in [0.1, 0.15) is 34.7 Å². The quantitative estimate of drug-likeness (QED) is 0.945. The van der Waals surface area contributed by atoms with E-state index in [9.17, 15) is 9.90 Å². The monoisotopic (exact) mass is 311 g/mol. The van der Waals surface area contributed by atoms with Crippen LogP contribution in [0.2, 0.25) is 0 Å². The van der Waals surface area contributed by atoms with Gasteiger partial charge in [0.1, 0.15) is 11.5 Å². The van der Waals surface area contributed by atoms with Gasteiger partial charge in [0.05, 0.1) is 12.7 Å². The molecule has 1 N–H and O–H groups in total. The highest BCUT2D eigenvalue weighted by atomic mass is 16.5. The summed E-state index contributed by atoms with van der Waals surface area (Å²) >= 11 is 0.